The Morgan fingerprint density at radius 2 is 1.88 bits per heavy atom. The highest BCUT2D eigenvalue weighted by Gasteiger charge is 2.58. The third-order valence-corrected chi connectivity index (χ3v) is 8.06. The van der Waals surface area contributed by atoms with Crippen LogP contribution in [-0.2, 0) is 13.9 Å². The normalized spacial score (nSPS) is 40.1. The molecule has 4 aliphatic rings. The molecule has 0 N–H and O–H groups in total. The molecule has 3 nitrogen and oxygen atoms in total. The average Bonchev–Trinajstić information content (AvgIpc) is 3.00. The molecule has 0 aromatic heterocycles. The summed E-state index contributed by atoms with van der Waals surface area (Å²) in [5.41, 5.74) is 1.90. The molecule has 4 unspecified atom stereocenters. The smallest absolute Gasteiger partial charge is 0.241 e. The molecule has 0 bridgehead atoms. The first-order valence-corrected chi connectivity index (χ1v) is 13.5. The third-order valence-electron chi connectivity index (χ3n) is 7.18. The zero-order chi connectivity index (χ0) is 17.9. The van der Waals surface area contributed by atoms with E-state index in [-0.39, 0.29) is 5.79 Å². The minimum absolute atomic E-state index is 0.299. The van der Waals surface area contributed by atoms with Gasteiger partial charge in [-0.15, -0.1) is 0 Å². The summed E-state index contributed by atoms with van der Waals surface area (Å²) in [6, 6.07) is 0. The molecule has 1 spiro atoms. The van der Waals surface area contributed by atoms with Crippen LogP contribution in [0.25, 0.3) is 0 Å². The van der Waals surface area contributed by atoms with Crippen molar-refractivity contribution in [3.05, 3.63) is 23.5 Å². The van der Waals surface area contributed by atoms with Gasteiger partial charge in [0, 0.05) is 18.8 Å². The maximum absolute atomic E-state index is 6.31. The van der Waals surface area contributed by atoms with Crippen LogP contribution in [0.3, 0.4) is 0 Å². The highest BCUT2D eigenvalue weighted by Crippen LogP contribution is 2.61. The van der Waals surface area contributed by atoms with Crippen LogP contribution in [0.5, 0.6) is 0 Å². The van der Waals surface area contributed by atoms with E-state index in [1.807, 2.05) is 0 Å². The Morgan fingerprint density at radius 3 is 2.56 bits per heavy atom. The van der Waals surface area contributed by atoms with Crippen molar-refractivity contribution >= 4 is 8.32 Å². The van der Waals surface area contributed by atoms with Crippen molar-refractivity contribution in [3.63, 3.8) is 0 Å². The summed E-state index contributed by atoms with van der Waals surface area (Å²) in [5, 5.41) is 0. The number of hydrogen-bond donors (Lipinski definition) is 0. The Bertz CT molecular complexity index is 597. The van der Waals surface area contributed by atoms with E-state index in [9.17, 15) is 0 Å². The number of ether oxygens (including phenoxy) is 2. The van der Waals surface area contributed by atoms with Gasteiger partial charge in [0.2, 0.25) is 8.32 Å². The monoisotopic (exact) mass is 362 g/mol. The molecule has 0 radical (unpaired) electrons. The topological polar surface area (TPSA) is 27.7 Å². The van der Waals surface area contributed by atoms with Gasteiger partial charge in [-0.2, -0.15) is 0 Å². The molecule has 140 valence electrons. The number of rotatable bonds is 2. The van der Waals surface area contributed by atoms with Crippen LogP contribution in [-0.4, -0.2) is 27.3 Å². The molecule has 0 aromatic carbocycles. The van der Waals surface area contributed by atoms with E-state index in [0.29, 0.717) is 23.2 Å². The molecule has 4 rings (SSSR count). The molecule has 1 aliphatic heterocycles. The molecule has 4 atom stereocenters. The van der Waals surface area contributed by atoms with Crippen LogP contribution >= 0.6 is 0 Å². The largest absolute Gasteiger partial charge is 0.547 e. The molecule has 2 fully saturated rings. The van der Waals surface area contributed by atoms with Crippen LogP contribution in [0, 0.1) is 23.2 Å². The maximum Gasteiger partial charge on any atom is 0.241 e. The van der Waals surface area contributed by atoms with Crippen molar-refractivity contribution < 1.29 is 13.9 Å². The molecular formula is C21H34O3Si. The van der Waals surface area contributed by atoms with Crippen molar-refractivity contribution in [3.8, 4) is 0 Å². The van der Waals surface area contributed by atoms with E-state index in [1.54, 1.807) is 0 Å². The predicted octanol–water partition coefficient (Wildman–Crippen LogP) is 5.26. The number of fused-ring (bicyclic) bond motifs is 3. The Hall–Kier alpha value is -0.583. The molecule has 0 amide bonds. The zero-order valence-electron chi connectivity index (χ0n) is 16.6. The lowest BCUT2D eigenvalue weighted by Crippen LogP contribution is -2.55. The summed E-state index contributed by atoms with van der Waals surface area (Å²) in [4.78, 5) is 0. The second-order valence-corrected chi connectivity index (χ2v) is 14.2. The van der Waals surface area contributed by atoms with Gasteiger partial charge in [-0.1, -0.05) is 19.9 Å². The lowest BCUT2D eigenvalue weighted by Gasteiger charge is -2.57. The molecule has 25 heavy (non-hydrogen) atoms. The Morgan fingerprint density at radius 1 is 1.16 bits per heavy atom. The van der Waals surface area contributed by atoms with Gasteiger partial charge in [0.05, 0.1) is 19.0 Å². The van der Waals surface area contributed by atoms with E-state index in [4.69, 9.17) is 13.9 Å². The summed E-state index contributed by atoms with van der Waals surface area (Å²) in [6.07, 6.45) is 10.6. The standard InChI is InChI=1S/C21H34O3Si/c1-15-18-8-6-16-14-17(24-25(3,4)5)7-9-19(16)20(18,2)10-11-21(15)22-12-13-23-21/h6,14-15,18-19H,7-13H2,1-5H3. The average molecular weight is 363 g/mol. The number of hydrogen-bond acceptors (Lipinski definition) is 3. The summed E-state index contributed by atoms with van der Waals surface area (Å²) < 4.78 is 18.6. The van der Waals surface area contributed by atoms with Gasteiger partial charge in [0.25, 0.3) is 0 Å². The molecule has 4 heteroatoms. The van der Waals surface area contributed by atoms with Crippen molar-refractivity contribution in [1.82, 2.24) is 0 Å². The SMILES string of the molecule is CC1C2CC=C3C=C(O[Si](C)(C)C)CCC3C2(C)CCC12OCCO2. The quantitative estimate of drug-likeness (QED) is 0.627. The maximum atomic E-state index is 6.31. The van der Waals surface area contributed by atoms with E-state index in [0.717, 1.165) is 32.5 Å². The van der Waals surface area contributed by atoms with Crippen molar-refractivity contribution in [2.24, 2.45) is 23.2 Å². The third kappa shape index (κ3) is 2.94. The molecule has 1 heterocycles. The van der Waals surface area contributed by atoms with Crippen LogP contribution in [0.2, 0.25) is 19.6 Å². The second-order valence-electron chi connectivity index (χ2n) is 9.77. The van der Waals surface area contributed by atoms with Gasteiger partial charge >= 0.3 is 0 Å². The molecule has 1 saturated heterocycles. The summed E-state index contributed by atoms with van der Waals surface area (Å²) in [6.45, 7) is 13.2. The first-order chi connectivity index (χ1) is 11.7. The first kappa shape index (κ1) is 17.8. The fourth-order valence-corrected chi connectivity index (χ4v) is 6.93. The molecule has 3 aliphatic carbocycles. The van der Waals surface area contributed by atoms with Gasteiger partial charge in [-0.05, 0) is 67.8 Å². The van der Waals surface area contributed by atoms with Gasteiger partial charge in [-0.3, -0.25) is 0 Å². The Kier molecular flexibility index (Phi) is 4.25. The van der Waals surface area contributed by atoms with Gasteiger partial charge < -0.3 is 13.9 Å². The van der Waals surface area contributed by atoms with Gasteiger partial charge in [-0.25, -0.2) is 0 Å². The minimum Gasteiger partial charge on any atom is -0.547 e. The summed E-state index contributed by atoms with van der Waals surface area (Å²) in [5.74, 6) is 2.72. The van der Waals surface area contributed by atoms with Crippen molar-refractivity contribution in [1.29, 1.82) is 0 Å². The highest BCUT2D eigenvalue weighted by atomic mass is 28.4. The van der Waals surface area contributed by atoms with Crippen LogP contribution in [0.4, 0.5) is 0 Å². The second kappa shape index (κ2) is 5.96. The molecule has 0 aromatic rings. The van der Waals surface area contributed by atoms with Crippen molar-refractivity contribution in [2.75, 3.05) is 13.2 Å². The van der Waals surface area contributed by atoms with Crippen molar-refractivity contribution in [2.45, 2.75) is 71.4 Å². The lowest BCUT2D eigenvalue weighted by molar-refractivity contribution is -0.247. The highest BCUT2D eigenvalue weighted by molar-refractivity contribution is 6.70. The predicted molar refractivity (Wildman–Crippen MR) is 103 cm³/mol. The van der Waals surface area contributed by atoms with Crippen LogP contribution < -0.4 is 0 Å². The Balaban J connectivity index is 1.60. The first-order valence-electron chi connectivity index (χ1n) is 10.1. The van der Waals surface area contributed by atoms with E-state index >= 15 is 0 Å². The number of allylic oxidation sites excluding steroid dienone is 4. The minimum atomic E-state index is -1.52. The fraction of sp³-hybridized carbons (Fsp3) is 0.810. The summed E-state index contributed by atoms with van der Waals surface area (Å²) >= 11 is 0. The van der Waals surface area contributed by atoms with E-state index in [1.165, 1.54) is 24.2 Å². The zero-order valence-corrected chi connectivity index (χ0v) is 17.6. The molecular weight excluding hydrogens is 328 g/mol. The van der Waals surface area contributed by atoms with Gasteiger partial charge in [0.1, 0.15) is 0 Å². The summed E-state index contributed by atoms with van der Waals surface area (Å²) in [7, 11) is -1.52. The van der Waals surface area contributed by atoms with Crippen LogP contribution in [0.1, 0.15) is 46.0 Å². The van der Waals surface area contributed by atoms with E-state index < -0.39 is 8.32 Å². The Labute approximate surface area is 153 Å². The lowest BCUT2D eigenvalue weighted by atomic mass is 9.50. The molecule has 1 saturated carbocycles. The van der Waals surface area contributed by atoms with Gasteiger partial charge in [0.15, 0.2) is 5.79 Å². The van der Waals surface area contributed by atoms with E-state index in [2.05, 4.69) is 45.6 Å². The van der Waals surface area contributed by atoms with Crippen LogP contribution in [0.15, 0.2) is 23.5 Å². The fourth-order valence-electron chi connectivity index (χ4n) is 5.98.